The Bertz CT molecular complexity index is 834. The summed E-state index contributed by atoms with van der Waals surface area (Å²) in [5.41, 5.74) is 2.09. The molecule has 132 valence electrons. The van der Waals surface area contributed by atoms with E-state index in [-0.39, 0.29) is 17.9 Å². The van der Waals surface area contributed by atoms with Crippen molar-refractivity contribution < 1.29 is 14.3 Å². The van der Waals surface area contributed by atoms with Gasteiger partial charge in [0.1, 0.15) is 5.75 Å². The first-order chi connectivity index (χ1) is 11.9. The highest BCUT2D eigenvalue weighted by molar-refractivity contribution is 5.99. The summed E-state index contributed by atoms with van der Waals surface area (Å²) >= 11 is 0. The molecule has 0 aliphatic carbocycles. The Labute approximate surface area is 147 Å². The highest BCUT2D eigenvalue weighted by Gasteiger charge is 2.29. The Balaban J connectivity index is 1.88. The molecule has 25 heavy (non-hydrogen) atoms. The van der Waals surface area contributed by atoms with E-state index in [1.165, 1.54) is 0 Å². The predicted octanol–water partition coefficient (Wildman–Crippen LogP) is 2.24. The Morgan fingerprint density at radius 3 is 2.80 bits per heavy atom. The maximum Gasteiger partial charge on any atom is 0.255 e. The number of likely N-dealkylation sites (tertiary alicyclic amines) is 1. The van der Waals surface area contributed by atoms with Gasteiger partial charge in [-0.3, -0.25) is 14.6 Å². The van der Waals surface area contributed by atoms with Crippen LogP contribution in [0, 0.1) is 6.92 Å². The van der Waals surface area contributed by atoms with Gasteiger partial charge in [-0.1, -0.05) is 0 Å². The van der Waals surface area contributed by atoms with Crippen LogP contribution in [0.3, 0.4) is 0 Å². The zero-order chi connectivity index (χ0) is 18.1. The molecule has 6 nitrogen and oxygen atoms in total. The van der Waals surface area contributed by atoms with E-state index in [0.29, 0.717) is 30.6 Å². The summed E-state index contributed by atoms with van der Waals surface area (Å²) in [6.45, 7) is 2.41. The molecule has 2 amide bonds. The molecule has 0 spiro atoms. The number of hydrogen-bond acceptors (Lipinski definition) is 4. The second kappa shape index (κ2) is 6.70. The van der Waals surface area contributed by atoms with Crippen LogP contribution in [-0.2, 0) is 4.79 Å². The minimum Gasteiger partial charge on any atom is -0.497 e. The SMILES string of the molecule is COc1ccc2cc(C(=O)N(C)C3CCC(=O)N(C)C3)c(C)nc2c1. The van der Waals surface area contributed by atoms with Gasteiger partial charge in [-0.05, 0) is 31.5 Å². The molecule has 0 N–H and O–H groups in total. The quantitative estimate of drug-likeness (QED) is 0.859. The number of aromatic nitrogens is 1. The maximum absolute atomic E-state index is 13.0. The Hall–Kier alpha value is -2.63. The number of carbonyl (C=O) groups excluding carboxylic acids is 2. The molecule has 0 radical (unpaired) electrons. The molecular weight excluding hydrogens is 318 g/mol. The van der Waals surface area contributed by atoms with Gasteiger partial charge in [0.15, 0.2) is 0 Å². The van der Waals surface area contributed by atoms with Crippen molar-refractivity contribution in [2.24, 2.45) is 0 Å². The van der Waals surface area contributed by atoms with E-state index < -0.39 is 0 Å². The fourth-order valence-electron chi connectivity index (χ4n) is 3.25. The van der Waals surface area contributed by atoms with Gasteiger partial charge in [0.2, 0.25) is 5.91 Å². The fraction of sp³-hybridized carbons (Fsp3) is 0.421. The zero-order valence-electron chi connectivity index (χ0n) is 15.1. The lowest BCUT2D eigenvalue weighted by Gasteiger charge is -2.35. The minimum absolute atomic E-state index is 0.0289. The van der Waals surface area contributed by atoms with Crippen molar-refractivity contribution in [1.82, 2.24) is 14.8 Å². The largest absolute Gasteiger partial charge is 0.497 e. The van der Waals surface area contributed by atoms with Crippen molar-refractivity contribution in [3.63, 3.8) is 0 Å². The molecule has 1 unspecified atom stereocenters. The van der Waals surface area contributed by atoms with Crippen molar-refractivity contribution in [3.8, 4) is 5.75 Å². The van der Waals surface area contributed by atoms with Crippen LogP contribution in [0.2, 0.25) is 0 Å². The molecule has 2 heterocycles. The van der Waals surface area contributed by atoms with Crippen molar-refractivity contribution in [1.29, 1.82) is 0 Å². The van der Waals surface area contributed by atoms with Crippen LogP contribution in [0.1, 0.15) is 28.9 Å². The number of piperidine rings is 1. The predicted molar refractivity (Wildman–Crippen MR) is 95.8 cm³/mol. The fourth-order valence-corrected chi connectivity index (χ4v) is 3.25. The molecule has 1 atom stereocenters. The molecular formula is C19H23N3O3. The number of benzene rings is 1. The van der Waals surface area contributed by atoms with Gasteiger partial charge in [-0.2, -0.15) is 0 Å². The number of nitrogens with zero attached hydrogens (tertiary/aromatic N) is 3. The number of carbonyl (C=O) groups is 2. The van der Waals surface area contributed by atoms with Gasteiger partial charge >= 0.3 is 0 Å². The number of methoxy groups -OCH3 is 1. The molecule has 1 aromatic heterocycles. The Kier molecular flexibility index (Phi) is 4.61. The molecule has 1 saturated heterocycles. The molecule has 0 bridgehead atoms. The molecule has 6 heteroatoms. The number of hydrogen-bond donors (Lipinski definition) is 0. The molecule has 1 aliphatic heterocycles. The summed E-state index contributed by atoms with van der Waals surface area (Å²) in [4.78, 5) is 32.6. The van der Waals surface area contributed by atoms with Gasteiger partial charge in [0.05, 0.1) is 23.9 Å². The van der Waals surface area contributed by atoms with Crippen LogP contribution in [0.5, 0.6) is 5.75 Å². The second-order valence-corrected chi connectivity index (χ2v) is 6.56. The molecule has 1 aromatic carbocycles. The van der Waals surface area contributed by atoms with Crippen molar-refractivity contribution in [3.05, 3.63) is 35.5 Å². The standard InChI is InChI=1S/C19H23N3O3/c1-12-16(9-13-5-7-15(25-4)10-17(13)20-12)19(24)22(3)14-6-8-18(23)21(2)11-14/h5,7,9-10,14H,6,8,11H2,1-4H3. The number of rotatable bonds is 3. The van der Waals surface area contributed by atoms with E-state index in [1.54, 1.807) is 31.0 Å². The third kappa shape index (κ3) is 3.29. The second-order valence-electron chi connectivity index (χ2n) is 6.56. The molecule has 1 fully saturated rings. The van der Waals surface area contributed by atoms with Gasteiger partial charge in [0.25, 0.3) is 5.91 Å². The van der Waals surface area contributed by atoms with Crippen LogP contribution in [-0.4, -0.2) is 60.4 Å². The molecule has 0 saturated carbocycles. The lowest BCUT2D eigenvalue weighted by atomic mass is 10.0. The highest BCUT2D eigenvalue weighted by Crippen LogP contribution is 2.24. The number of ether oxygens (including phenoxy) is 1. The van der Waals surface area contributed by atoms with Crippen LogP contribution in [0.4, 0.5) is 0 Å². The topological polar surface area (TPSA) is 62.7 Å². The van der Waals surface area contributed by atoms with Gasteiger partial charge < -0.3 is 14.5 Å². The normalized spacial score (nSPS) is 17.7. The van der Waals surface area contributed by atoms with Crippen molar-refractivity contribution >= 4 is 22.7 Å². The third-order valence-electron chi connectivity index (χ3n) is 4.92. The zero-order valence-corrected chi connectivity index (χ0v) is 15.1. The van der Waals surface area contributed by atoms with E-state index in [0.717, 1.165) is 16.7 Å². The number of likely N-dealkylation sites (N-methyl/N-ethyl adjacent to an activating group) is 2. The van der Waals surface area contributed by atoms with E-state index >= 15 is 0 Å². The number of aryl methyl sites for hydroxylation is 1. The molecule has 2 aromatic rings. The smallest absolute Gasteiger partial charge is 0.255 e. The van der Waals surface area contributed by atoms with E-state index in [4.69, 9.17) is 4.74 Å². The van der Waals surface area contributed by atoms with E-state index in [1.807, 2.05) is 31.2 Å². The summed E-state index contributed by atoms with van der Waals surface area (Å²) in [6, 6.07) is 7.54. The van der Waals surface area contributed by atoms with Crippen LogP contribution < -0.4 is 4.74 Å². The lowest BCUT2D eigenvalue weighted by Crippen LogP contribution is -2.49. The number of pyridine rings is 1. The Morgan fingerprint density at radius 1 is 1.36 bits per heavy atom. The molecule has 3 rings (SSSR count). The first kappa shape index (κ1) is 17.2. The average Bonchev–Trinajstić information content (AvgIpc) is 2.61. The highest BCUT2D eigenvalue weighted by atomic mass is 16.5. The first-order valence-corrected chi connectivity index (χ1v) is 8.37. The summed E-state index contributed by atoms with van der Waals surface area (Å²) in [5.74, 6) is 0.815. The van der Waals surface area contributed by atoms with Gasteiger partial charge in [-0.25, -0.2) is 0 Å². The van der Waals surface area contributed by atoms with Crippen molar-refractivity contribution in [2.75, 3.05) is 27.7 Å². The summed E-state index contributed by atoms with van der Waals surface area (Å²) in [6.07, 6.45) is 1.18. The van der Waals surface area contributed by atoms with Crippen LogP contribution in [0.25, 0.3) is 10.9 Å². The van der Waals surface area contributed by atoms with Gasteiger partial charge in [-0.15, -0.1) is 0 Å². The van der Waals surface area contributed by atoms with Crippen LogP contribution >= 0.6 is 0 Å². The number of fused-ring (bicyclic) bond motifs is 1. The van der Waals surface area contributed by atoms with Crippen LogP contribution in [0.15, 0.2) is 24.3 Å². The lowest BCUT2D eigenvalue weighted by molar-refractivity contribution is -0.133. The minimum atomic E-state index is -0.0598. The number of amides is 2. The van der Waals surface area contributed by atoms with E-state index in [2.05, 4.69) is 4.98 Å². The van der Waals surface area contributed by atoms with E-state index in [9.17, 15) is 9.59 Å². The monoisotopic (exact) mass is 341 g/mol. The summed E-state index contributed by atoms with van der Waals surface area (Å²) < 4.78 is 5.23. The molecule has 1 aliphatic rings. The first-order valence-electron chi connectivity index (χ1n) is 8.37. The maximum atomic E-state index is 13.0. The van der Waals surface area contributed by atoms with Gasteiger partial charge in [0, 0.05) is 44.6 Å². The average molecular weight is 341 g/mol. The Morgan fingerprint density at radius 2 is 2.12 bits per heavy atom. The van der Waals surface area contributed by atoms with Crippen molar-refractivity contribution in [2.45, 2.75) is 25.8 Å². The third-order valence-corrected chi connectivity index (χ3v) is 4.92. The summed E-state index contributed by atoms with van der Waals surface area (Å²) in [5, 5.41) is 0.902. The summed E-state index contributed by atoms with van der Waals surface area (Å²) in [7, 11) is 5.20.